The molecule has 122 valence electrons. The maximum atomic E-state index is 10.2. The van der Waals surface area contributed by atoms with Crippen LogP contribution in [0, 0.1) is 0 Å². The molecule has 0 heterocycles. The van der Waals surface area contributed by atoms with Gasteiger partial charge in [0.05, 0.1) is 5.02 Å². The predicted octanol–water partition coefficient (Wildman–Crippen LogP) is 6.10. The average molecular weight is 360 g/mol. The molecule has 0 aromatic heterocycles. The molecule has 0 spiro atoms. The number of halogens is 2. The van der Waals surface area contributed by atoms with E-state index in [1.54, 1.807) is 30.3 Å². The van der Waals surface area contributed by atoms with Gasteiger partial charge in [0, 0.05) is 17.3 Å². The first-order valence-electron chi connectivity index (χ1n) is 7.35. The van der Waals surface area contributed by atoms with Crippen LogP contribution in [0.1, 0.15) is 5.56 Å². The second-order valence-corrected chi connectivity index (χ2v) is 6.04. The molecule has 5 heteroatoms. The second-order valence-electron chi connectivity index (χ2n) is 5.20. The molecule has 0 bridgehead atoms. The van der Waals surface area contributed by atoms with Gasteiger partial charge in [0.25, 0.3) is 0 Å². The van der Waals surface area contributed by atoms with Crippen molar-refractivity contribution >= 4 is 28.9 Å². The molecule has 3 rings (SSSR count). The summed E-state index contributed by atoms with van der Waals surface area (Å²) in [6.45, 7) is 0.597. The van der Waals surface area contributed by atoms with Crippen LogP contribution in [0.2, 0.25) is 10.0 Å². The number of ether oxygens (including phenoxy) is 1. The summed E-state index contributed by atoms with van der Waals surface area (Å²) in [4.78, 5) is 0. The van der Waals surface area contributed by atoms with Crippen molar-refractivity contribution in [3.05, 3.63) is 82.3 Å². The minimum atomic E-state index is 0.0494. The maximum absolute atomic E-state index is 10.2. The molecule has 0 saturated carbocycles. The van der Waals surface area contributed by atoms with Crippen LogP contribution in [-0.2, 0) is 6.54 Å². The molecular weight excluding hydrogens is 345 g/mol. The van der Waals surface area contributed by atoms with Gasteiger partial charge in [0.2, 0.25) is 0 Å². The van der Waals surface area contributed by atoms with Gasteiger partial charge in [0.15, 0.2) is 11.5 Å². The number of benzene rings is 3. The van der Waals surface area contributed by atoms with Crippen molar-refractivity contribution in [2.75, 3.05) is 5.32 Å². The SMILES string of the molecule is Oc1cc(CNc2ccccc2)ccc1Oc1ccc(Cl)cc1Cl. The molecule has 0 unspecified atom stereocenters. The summed E-state index contributed by atoms with van der Waals surface area (Å²) in [5, 5.41) is 14.4. The minimum Gasteiger partial charge on any atom is -0.504 e. The van der Waals surface area contributed by atoms with Crippen molar-refractivity contribution in [3.8, 4) is 17.2 Å². The van der Waals surface area contributed by atoms with Gasteiger partial charge in [-0.1, -0.05) is 47.5 Å². The lowest BCUT2D eigenvalue weighted by molar-refractivity contribution is 0.411. The van der Waals surface area contributed by atoms with E-state index < -0.39 is 0 Å². The van der Waals surface area contributed by atoms with E-state index in [0.717, 1.165) is 11.3 Å². The van der Waals surface area contributed by atoms with E-state index in [0.29, 0.717) is 28.1 Å². The molecule has 3 nitrogen and oxygen atoms in total. The molecule has 0 aliphatic rings. The quantitative estimate of drug-likeness (QED) is 0.577. The Bertz CT molecular complexity index is 838. The Morgan fingerprint density at radius 2 is 1.62 bits per heavy atom. The molecule has 24 heavy (non-hydrogen) atoms. The summed E-state index contributed by atoms with van der Waals surface area (Å²) in [6.07, 6.45) is 0. The highest BCUT2D eigenvalue weighted by Crippen LogP contribution is 2.36. The lowest BCUT2D eigenvalue weighted by atomic mass is 10.2. The number of aromatic hydroxyl groups is 1. The third kappa shape index (κ3) is 4.13. The highest BCUT2D eigenvalue weighted by molar-refractivity contribution is 6.35. The summed E-state index contributed by atoms with van der Waals surface area (Å²) in [5.74, 6) is 0.822. The summed E-state index contributed by atoms with van der Waals surface area (Å²) >= 11 is 11.9. The number of rotatable bonds is 5. The fourth-order valence-electron chi connectivity index (χ4n) is 2.20. The molecule has 0 fully saturated rings. The smallest absolute Gasteiger partial charge is 0.169 e. The molecule has 0 saturated heterocycles. The minimum absolute atomic E-state index is 0.0494. The fourth-order valence-corrected chi connectivity index (χ4v) is 2.64. The van der Waals surface area contributed by atoms with Crippen LogP contribution in [0.5, 0.6) is 17.2 Å². The Morgan fingerprint density at radius 1 is 0.875 bits per heavy atom. The topological polar surface area (TPSA) is 41.5 Å². The number of para-hydroxylation sites is 1. The number of hydrogen-bond acceptors (Lipinski definition) is 3. The van der Waals surface area contributed by atoms with Crippen LogP contribution in [0.15, 0.2) is 66.7 Å². The first-order chi connectivity index (χ1) is 11.6. The van der Waals surface area contributed by atoms with E-state index in [2.05, 4.69) is 5.32 Å². The zero-order valence-electron chi connectivity index (χ0n) is 12.7. The van der Waals surface area contributed by atoms with Crippen molar-refractivity contribution in [3.63, 3.8) is 0 Å². The normalized spacial score (nSPS) is 10.4. The number of phenols is 1. The van der Waals surface area contributed by atoms with Crippen molar-refractivity contribution in [2.24, 2.45) is 0 Å². The number of hydrogen-bond donors (Lipinski definition) is 2. The van der Waals surface area contributed by atoms with Crippen LogP contribution >= 0.6 is 23.2 Å². The summed E-state index contributed by atoms with van der Waals surface area (Å²) < 4.78 is 5.65. The largest absolute Gasteiger partial charge is 0.504 e. The Kier molecular flexibility index (Phi) is 5.14. The lowest BCUT2D eigenvalue weighted by Crippen LogP contribution is -1.99. The molecule has 3 aromatic carbocycles. The first kappa shape index (κ1) is 16.5. The van der Waals surface area contributed by atoms with Gasteiger partial charge in [-0.15, -0.1) is 0 Å². The number of anilines is 1. The Morgan fingerprint density at radius 3 is 2.33 bits per heavy atom. The summed E-state index contributed by atoms with van der Waals surface area (Å²) in [5.41, 5.74) is 1.95. The van der Waals surface area contributed by atoms with Gasteiger partial charge in [0.1, 0.15) is 5.75 Å². The summed E-state index contributed by atoms with van der Waals surface area (Å²) in [7, 11) is 0. The Labute approximate surface area is 150 Å². The standard InChI is InChI=1S/C19H15Cl2NO2/c20-14-7-9-18(16(21)11-14)24-19-8-6-13(10-17(19)23)12-22-15-4-2-1-3-5-15/h1-11,22-23H,12H2. The molecule has 2 N–H and O–H groups in total. The van der Waals surface area contributed by atoms with Crippen molar-refractivity contribution in [2.45, 2.75) is 6.54 Å². The van der Waals surface area contributed by atoms with Crippen LogP contribution < -0.4 is 10.1 Å². The van der Waals surface area contributed by atoms with Gasteiger partial charge < -0.3 is 15.2 Å². The van der Waals surface area contributed by atoms with Gasteiger partial charge in [-0.3, -0.25) is 0 Å². The fraction of sp³-hybridized carbons (Fsp3) is 0.0526. The first-order valence-corrected chi connectivity index (χ1v) is 8.11. The van der Waals surface area contributed by atoms with Crippen molar-refractivity contribution in [1.82, 2.24) is 0 Å². The maximum Gasteiger partial charge on any atom is 0.169 e. The Hall–Kier alpha value is -2.36. The van der Waals surface area contributed by atoms with Crippen LogP contribution in [0.3, 0.4) is 0 Å². The van der Waals surface area contributed by atoms with E-state index in [-0.39, 0.29) is 5.75 Å². The average Bonchev–Trinajstić information content (AvgIpc) is 2.58. The van der Waals surface area contributed by atoms with Crippen LogP contribution in [-0.4, -0.2) is 5.11 Å². The van der Waals surface area contributed by atoms with E-state index in [4.69, 9.17) is 27.9 Å². The van der Waals surface area contributed by atoms with Gasteiger partial charge >= 0.3 is 0 Å². The second kappa shape index (κ2) is 7.47. The number of nitrogens with one attached hydrogen (secondary N) is 1. The van der Waals surface area contributed by atoms with E-state index in [9.17, 15) is 5.11 Å². The lowest BCUT2D eigenvalue weighted by Gasteiger charge is -2.11. The molecule has 0 aliphatic carbocycles. The highest BCUT2D eigenvalue weighted by atomic mass is 35.5. The molecular formula is C19H15Cl2NO2. The predicted molar refractivity (Wildman–Crippen MR) is 98.4 cm³/mol. The van der Waals surface area contributed by atoms with E-state index in [1.807, 2.05) is 36.4 Å². The third-order valence-electron chi connectivity index (χ3n) is 3.41. The Balaban J connectivity index is 1.70. The van der Waals surface area contributed by atoms with E-state index in [1.165, 1.54) is 0 Å². The van der Waals surface area contributed by atoms with Gasteiger partial charge in [-0.25, -0.2) is 0 Å². The van der Waals surface area contributed by atoms with Gasteiger partial charge in [-0.2, -0.15) is 0 Å². The zero-order valence-corrected chi connectivity index (χ0v) is 14.2. The molecule has 0 amide bonds. The van der Waals surface area contributed by atoms with Crippen molar-refractivity contribution in [1.29, 1.82) is 0 Å². The zero-order chi connectivity index (χ0) is 16.9. The molecule has 3 aromatic rings. The molecule has 0 atom stereocenters. The number of phenolic OH excluding ortho intramolecular Hbond substituents is 1. The third-order valence-corrected chi connectivity index (χ3v) is 3.94. The van der Waals surface area contributed by atoms with Gasteiger partial charge in [-0.05, 0) is 48.0 Å². The highest BCUT2D eigenvalue weighted by Gasteiger charge is 2.08. The monoisotopic (exact) mass is 359 g/mol. The van der Waals surface area contributed by atoms with E-state index >= 15 is 0 Å². The van der Waals surface area contributed by atoms with Crippen LogP contribution in [0.25, 0.3) is 0 Å². The molecule has 0 radical (unpaired) electrons. The molecule has 0 aliphatic heterocycles. The van der Waals surface area contributed by atoms with Crippen molar-refractivity contribution < 1.29 is 9.84 Å². The summed E-state index contributed by atoms with van der Waals surface area (Å²) in [6, 6.07) is 20.1. The van der Waals surface area contributed by atoms with Crippen LogP contribution in [0.4, 0.5) is 5.69 Å².